The zero-order valence-corrected chi connectivity index (χ0v) is 10.3. The summed E-state index contributed by atoms with van der Waals surface area (Å²) >= 11 is 0. The molecule has 0 aromatic carbocycles. The second kappa shape index (κ2) is 3.01. The van der Waals surface area contributed by atoms with E-state index >= 15 is 0 Å². The highest BCUT2D eigenvalue weighted by Crippen LogP contribution is 2.75. The Labute approximate surface area is 101 Å². The molecule has 3 heteroatoms. The minimum absolute atomic E-state index is 0.137. The zero-order chi connectivity index (χ0) is 11.6. The van der Waals surface area contributed by atoms with Crippen molar-refractivity contribution in [1.82, 2.24) is 10.2 Å². The van der Waals surface area contributed by atoms with Crippen molar-refractivity contribution in [2.45, 2.75) is 51.4 Å². The molecule has 1 heterocycles. The number of hydrogen-bond acceptors (Lipinski definition) is 2. The standard InChI is InChI=1S/C14H18N2O/c1-8(17)12-9-7-10-11(13(9)16-15-12)14(10)5-3-2-4-6-14/h10-11H,2-7H2,1H3,(H,15,16). The van der Waals surface area contributed by atoms with Crippen molar-refractivity contribution in [3.63, 3.8) is 0 Å². The van der Waals surface area contributed by atoms with E-state index < -0.39 is 0 Å². The number of rotatable bonds is 1. The monoisotopic (exact) mass is 230 g/mol. The summed E-state index contributed by atoms with van der Waals surface area (Å²) in [6, 6.07) is 0. The Morgan fingerprint density at radius 1 is 1.35 bits per heavy atom. The first-order chi connectivity index (χ1) is 8.24. The predicted octanol–water partition coefficient (Wildman–Crippen LogP) is 2.83. The van der Waals surface area contributed by atoms with Crippen molar-refractivity contribution in [1.29, 1.82) is 0 Å². The number of fused-ring (bicyclic) bond motifs is 5. The van der Waals surface area contributed by atoms with E-state index in [0.29, 0.717) is 11.3 Å². The van der Waals surface area contributed by atoms with E-state index in [1.165, 1.54) is 43.4 Å². The Balaban J connectivity index is 1.70. The highest BCUT2D eigenvalue weighted by molar-refractivity contribution is 5.94. The van der Waals surface area contributed by atoms with Gasteiger partial charge >= 0.3 is 0 Å². The van der Waals surface area contributed by atoms with Gasteiger partial charge in [-0.05, 0) is 30.6 Å². The number of carbonyl (C=O) groups is 1. The van der Waals surface area contributed by atoms with Crippen LogP contribution in [0.2, 0.25) is 0 Å². The zero-order valence-electron chi connectivity index (χ0n) is 10.3. The first-order valence-electron chi connectivity index (χ1n) is 6.82. The highest BCUT2D eigenvalue weighted by Gasteiger charge is 2.68. The SMILES string of the molecule is CC(=O)c1[nH]nc2c1CC1C2C12CCCCC2. The fraction of sp³-hybridized carbons (Fsp3) is 0.714. The average Bonchev–Trinajstić information content (AvgIpc) is 2.70. The Hall–Kier alpha value is -1.12. The molecule has 0 aliphatic heterocycles. The maximum absolute atomic E-state index is 11.5. The van der Waals surface area contributed by atoms with Gasteiger partial charge in [-0.15, -0.1) is 0 Å². The molecule has 1 aromatic heterocycles. The molecule has 1 aromatic rings. The largest absolute Gasteiger partial charge is 0.293 e. The number of carbonyl (C=O) groups excluding carboxylic acids is 1. The van der Waals surface area contributed by atoms with Gasteiger partial charge in [0.2, 0.25) is 0 Å². The van der Waals surface area contributed by atoms with Crippen molar-refractivity contribution in [3.05, 3.63) is 17.0 Å². The minimum Gasteiger partial charge on any atom is -0.293 e. The molecular formula is C14H18N2O. The molecule has 17 heavy (non-hydrogen) atoms. The molecule has 2 atom stereocenters. The second-order valence-corrected chi connectivity index (χ2v) is 6.10. The van der Waals surface area contributed by atoms with Gasteiger partial charge < -0.3 is 0 Å². The number of nitrogens with one attached hydrogen (secondary N) is 1. The van der Waals surface area contributed by atoms with Crippen LogP contribution in [0.3, 0.4) is 0 Å². The summed E-state index contributed by atoms with van der Waals surface area (Å²) in [5.41, 5.74) is 3.85. The van der Waals surface area contributed by atoms with Crippen molar-refractivity contribution in [2.24, 2.45) is 11.3 Å². The summed E-state index contributed by atoms with van der Waals surface area (Å²) in [6.45, 7) is 1.63. The normalized spacial score (nSPS) is 32.3. The molecule has 0 radical (unpaired) electrons. The van der Waals surface area contributed by atoms with Gasteiger partial charge in [0, 0.05) is 18.4 Å². The topological polar surface area (TPSA) is 45.8 Å². The predicted molar refractivity (Wildman–Crippen MR) is 64.0 cm³/mol. The van der Waals surface area contributed by atoms with Gasteiger partial charge in [-0.2, -0.15) is 5.10 Å². The van der Waals surface area contributed by atoms with Crippen molar-refractivity contribution in [3.8, 4) is 0 Å². The third-order valence-electron chi connectivity index (χ3n) is 5.41. The molecular weight excluding hydrogens is 212 g/mol. The summed E-state index contributed by atoms with van der Waals surface area (Å²) in [7, 11) is 0. The molecule has 2 unspecified atom stereocenters. The van der Waals surface area contributed by atoms with Crippen LogP contribution in [0.1, 0.15) is 66.7 Å². The van der Waals surface area contributed by atoms with Crippen LogP contribution in [0.5, 0.6) is 0 Å². The van der Waals surface area contributed by atoms with Gasteiger partial charge in [0.25, 0.3) is 0 Å². The van der Waals surface area contributed by atoms with Crippen LogP contribution in [-0.2, 0) is 6.42 Å². The lowest BCUT2D eigenvalue weighted by molar-refractivity contribution is 0.101. The third kappa shape index (κ3) is 1.08. The Morgan fingerprint density at radius 2 is 2.12 bits per heavy atom. The molecule has 0 bridgehead atoms. The molecule has 1 spiro atoms. The number of ketones is 1. The molecule has 3 aliphatic rings. The quantitative estimate of drug-likeness (QED) is 0.754. The smallest absolute Gasteiger partial charge is 0.177 e. The van der Waals surface area contributed by atoms with E-state index in [9.17, 15) is 4.79 Å². The van der Waals surface area contributed by atoms with Crippen molar-refractivity contribution >= 4 is 5.78 Å². The van der Waals surface area contributed by atoms with Gasteiger partial charge in [0.15, 0.2) is 5.78 Å². The van der Waals surface area contributed by atoms with E-state index in [-0.39, 0.29) is 5.78 Å². The van der Waals surface area contributed by atoms with Crippen LogP contribution in [0.4, 0.5) is 0 Å². The Bertz CT molecular complexity index is 496. The minimum atomic E-state index is 0.137. The van der Waals surface area contributed by atoms with Crippen LogP contribution in [0.25, 0.3) is 0 Å². The molecule has 3 nitrogen and oxygen atoms in total. The van der Waals surface area contributed by atoms with Gasteiger partial charge in [-0.3, -0.25) is 9.89 Å². The lowest BCUT2D eigenvalue weighted by Gasteiger charge is -2.25. The van der Waals surface area contributed by atoms with Crippen LogP contribution in [0, 0.1) is 11.3 Å². The maximum Gasteiger partial charge on any atom is 0.177 e. The number of aromatic nitrogens is 2. The van der Waals surface area contributed by atoms with Gasteiger partial charge in [0.1, 0.15) is 5.69 Å². The summed E-state index contributed by atoms with van der Waals surface area (Å²) in [5.74, 6) is 1.63. The van der Waals surface area contributed by atoms with E-state index in [0.717, 1.165) is 18.0 Å². The first-order valence-corrected chi connectivity index (χ1v) is 6.82. The molecule has 4 rings (SSSR count). The summed E-state index contributed by atoms with van der Waals surface area (Å²) in [5, 5.41) is 7.40. The molecule has 90 valence electrons. The van der Waals surface area contributed by atoms with E-state index in [4.69, 9.17) is 0 Å². The van der Waals surface area contributed by atoms with E-state index in [1.54, 1.807) is 6.92 Å². The lowest BCUT2D eigenvalue weighted by atomic mass is 9.80. The highest BCUT2D eigenvalue weighted by atomic mass is 16.1. The molecule has 0 amide bonds. The Kier molecular flexibility index (Phi) is 1.74. The van der Waals surface area contributed by atoms with Crippen LogP contribution < -0.4 is 0 Å². The van der Waals surface area contributed by atoms with Gasteiger partial charge in [-0.1, -0.05) is 19.3 Å². The number of H-pyrrole nitrogens is 1. The van der Waals surface area contributed by atoms with E-state index in [2.05, 4.69) is 10.2 Å². The van der Waals surface area contributed by atoms with Gasteiger partial charge in [-0.25, -0.2) is 0 Å². The fourth-order valence-corrected chi connectivity index (χ4v) is 4.61. The molecule has 2 fully saturated rings. The maximum atomic E-state index is 11.5. The summed E-state index contributed by atoms with van der Waals surface area (Å²) in [4.78, 5) is 11.5. The number of nitrogens with zero attached hydrogens (tertiary/aromatic N) is 1. The lowest BCUT2D eigenvalue weighted by Crippen LogP contribution is -2.14. The van der Waals surface area contributed by atoms with E-state index in [1.807, 2.05) is 0 Å². The number of hydrogen-bond donors (Lipinski definition) is 1. The first kappa shape index (κ1) is 9.86. The molecule has 3 aliphatic carbocycles. The van der Waals surface area contributed by atoms with Crippen LogP contribution >= 0.6 is 0 Å². The van der Waals surface area contributed by atoms with Crippen molar-refractivity contribution < 1.29 is 4.79 Å². The number of Topliss-reactive ketones (excluding diaryl/α,β-unsaturated/α-hetero) is 1. The van der Waals surface area contributed by atoms with Crippen LogP contribution in [0.15, 0.2) is 0 Å². The third-order valence-corrected chi connectivity index (χ3v) is 5.41. The molecule has 0 saturated heterocycles. The fourth-order valence-electron chi connectivity index (χ4n) is 4.61. The molecule has 1 N–H and O–H groups in total. The average molecular weight is 230 g/mol. The summed E-state index contributed by atoms with van der Waals surface area (Å²) in [6.07, 6.45) is 8.09. The molecule has 2 saturated carbocycles. The van der Waals surface area contributed by atoms with Crippen LogP contribution in [-0.4, -0.2) is 16.0 Å². The second-order valence-electron chi connectivity index (χ2n) is 6.10. The summed E-state index contributed by atoms with van der Waals surface area (Å²) < 4.78 is 0. The van der Waals surface area contributed by atoms with Gasteiger partial charge in [0.05, 0.1) is 5.69 Å². The number of aromatic amines is 1. The Morgan fingerprint density at radius 3 is 2.82 bits per heavy atom. The van der Waals surface area contributed by atoms with Crippen molar-refractivity contribution in [2.75, 3.05) is 0 Å².